The zero-order valence-electron chi connectivity index (χ0n) is 7.40. The number of nitrogens with zero attached hydrogens (tertiary/aromatic N) is 1. The summed E-state index contributed by atoms with van der Waals surface area (Å²) in [5, 5.41) is 3.04. The molecule has 1 heterocycles. The fourth-order valence-electron chi connectivity index (χ4n) is 1.35. The van der Waals surface area contributed by atoms with Gasteiger partial charge in [0.1, 0.15) is 0 Å². The summed E-state index contributed by atoms with van der Waals surface area (Å²) in [6, 6.07) is -0.0135. The van der Waals surface area contributed by atoms with Crippen molar-refractivity contribution in [3.05, 3.63) is 0 Å². The van der Waals surface area contributed by atoms with Gasteiger partial charge in [0.25, 0.3) is 0 Å². The maximum atomic E-state index is 12.0. The molecule has 0 saturated carbocycles. The molecule has 0 bridgehead atoms. The number of hydrogen-bond acceptors (Lipinski definition) is 2. The van der Waals surface area contributed by atoms with E-state index in [0.29, 0.717) is 19.6 Å². The summed E-state index contributed by atoms with van der Waals surface area (Å²) in [7, 11) is 0. The Hall–Kier alpha value is -0.0000000000000000555. The normalized spacial score (nSPS) is 25.4. The van der Waals surface area contributed by atoms with Gasteiger partial charge in [0.05, 0.1) is 6.54 Å². The average Bonchev–Trinajstić information content (AvgIpc) is 1.91. The molecule has 13 heavy (non-hydrogen) atoms. The van der Waals surface area contributed by atoms with Crippen molar-refractivity contribution in [1.29, 1.82) is 0 Å². The van der Waals surface area contributed by atoms with E-state index < -0.39 is 12.7 Å². The summed E-state index contributed by atoms with van der Waals surface area (Å²) >= 11 is 0. The van der Waals surface area contributed by atoms with Gasteiger partial charge in [-0.2, -0.15) is 13.2 Å². The lowest BCUT2D eigenvalue weighted by molar-refractivity contribution is -0.151. The lowest BCUT2D eigenvalue weighted by atomic mass is 10.2. The van der Waals surface area contributed by atoms with Crippen molar-refractivity contribution in [1.82, 2.24) is 10.2 Å². The van der Waals surface area contributed by atoms with Gasteiger partial charge in [-0.1, -0.05) is 0 Å². The van der Waals surface area contributed by atoms with E-state index in [0.717, 1.165) is 0 Å². The predicted octanol–water partition coefficient (Wildman–Crippen LogP) is 1.26. The van der Waals surface area contributed by atoms with Crippen LogP contribution in [0, 0.1) is 0 Å². The Morgan fingerprint density at radius 2 is 2.08 bits per heavy atom. The highest BCUT2D eigenvalue weighted by atomic mass is 35.5. The van der Waals surface area contributed by atoms with Crippen LogP contribution in [0.4, 0.5) is 13.2 Å². The Balaban J connectivity index is 0.00000144. The highest BCUT2D eigenvalue weighted by Gasteiger charge is 2.33. The van der Waals surface area contributed by atoms with Crippen LogP contribution in [0.2, 0.25) is 0 Å². The molecule has 1 atom stereocenters. The van der Waals surface area contributed by atoms with Crippen LogP contribution in [-0.4, -0.2) is 43.3 Å². The molecule has 1 rings (SSSR count). The number of halogens is 4. The monoisotopic (exact) mass is 218 g/mol. The molecule has 0 unspecified atom stereocenters. The van der Waals surface area contributed by atoms with Crippen molar-refractivity contribution in [3.63, 3.8) is 0 Å². The van der Waals surface area contributed by atoms with Crippen molar-refractivity contribution < 1.29 is 13.2 Å². The molecule has 0 aliphatic carbocycles. The molecule has 0 aromatic rings. The van der Waals surface area contributed by atoms with Gasteiger partial charge in [-0.15, -0.1) is 12.4 Å². The molecule has 6 heteroatoms. The lowest BCUT2D eigenvalue weighted by Gasteiger charge is -2.34. The smallest absolute Gasteiger partial charge is 0.314 e. The maximum Gasteiger partial charge on any atom is 0.401 e. The summed E-state index contributed by atoms with van der Waals surface area (Å²) < 4.78 is 35.9. The molecule has 0 spiro atoms. The lowest BCUT2D eigenvalue weighted by Crippen LogP contribution is -2.52. The molecule has 1 N–H and O–H groups in total. The largest absolute Gasteiger partial charge is 0.401 e. The first-order chi connectivity index (χ1) is 5.49. The predicted molar refractivity (Wildman–Crippen MR) is 47.2 cm³/mol. The van der Waals surface area contributed by atoms with Crippen LogP contribution < -0.4 is 5.32 Å². The van der Waals surface area contributed by atoms with Crippen molar-refractivity contribution in [2.75, 3.05) is 26.2 Å². The van der Waals surface area contributed by atoms with Crippen LogP contribution >= 0.6 is 12.4 Å². The Morgan fingerprint density at radius 3 is 2.54 bits per heavy atom. The molecule has 1 aliphatic heterocycles. The number of alkyl halides is 3. The standard InChI is InChI=1S/C7H13F3N2.ClH/c1-6-4-11-2-3-12(6)5-7(8,9)10;/h6,11H,2-5H2,1H3;1H/t6-;/m1./s1. The quantitative estimate of drug-likeness (QED) is 0.713. The van der Waals surface area contributed by atoms with Gasteiger partial charge in [-0.05, 0) is 6.92 Å². The van der Waals surface area contributed by atoms with E-state index in [1.165, 1.54) is 4.90 Å². The topological polar surface area (TPSA) is 15.3 Å². The minimum absolute atomic E-state index is 0. The van der Waals surface area contributed by atoms with Gasteiger partial charge < -0.3 is 5.32 Å². The van der Waals surface area contributed by atoms with Gasteiger partial charge in [0, 0.05) is 25.7 Å². The number of hydrogen-bond donors (Lipinski definition) is 1. The van der Waals surface area contributed by atoms with E-state index in [-0.39, 0.29) is 18.4 Å². The van der Waals surface area contributed by atoms with E-state index in [1.54, 1.807) is 6.92 Å². The van der Waals surface area contributed by atoms with Crippen LogP contribution in [0.15, 0.2) is 0 Å². The maximum absolute atomic E-state index is 12.0. The molecular weight excluding hydrogens is 205 g/mol. The summed E-state index contributed by atoms with van der Waals surface area (Å²) in [5.74, 6) is 0. The van der Waals surface area contributed by atoms with Crippen molar-refractivity contribution >= 4 is 12.4 Å². The molecule has 0 amide bonds. The molecule has 1 saturated heterocycles. The Morgan fingerprint density at radius 1 is 1.46 bits per heavy atom. The van der Waals surface area contributed by atoms with Gasteiger partial charge >= 0.3 is 6.18 Å². The number of rotatable bonds is 1. The van der Waals surface area contributed by atoms with Gasteiger partial charge in [0.2, 0.25) is 0 Å². The summed E-state index contributed by atoms with van der Waals surface area (Å²) in [5.41, 5.74) is 0. The molecule has 1 aliphatic rings. The number of piperazine rings is 1. The third-order valence-corrected chi connectivity index (χ3v) is 2.02. The van der Waals surface area contributed by atoms with Crippen LogP contribution in [0.25, 0.3) is 0 Å². The molecule has 80 valence electrons. The SMILES string of the molecule is C[C@@H]1CNCCN1CC(F)(F)F.Cl. The highest BCUT2D eigenvalue weighted by molar-refractivity contribution is 5.85. The van der Waals surface area contributed by atoms with E-state index in [9.17, 15) is 13.2 Å². The van der Waals surface area contributed by atoms with Gasteiger partial charge in [-0.25, -0.2) is 0 Å². The zero-order chi connectivity index (χ0) is 9.19. The van der Waals surface area contributed by atoms with Crippen molar-refractivity contribution in [2.24, 2.45) is 0 Å². The summed E-state index contributed by atoms with van der Waals surface area (Å²) in [6.07, 6.45) is -4.06. The first-order valence-electron chi connectivity index (χ1n) is 4.00. The second kappa shape index (κ2) is 5.02. The molecule has 1 fully saturated rings. The van der Waals surface area contributed by atoms with Gasteiger partial charge in [-0.3, -0.25) is 4.90 Å². The fourth-order valence-corrected chi connectivity index (χ4v) is 1.35. The summed E-state index contributed by atoms with van der Waals surface area (Å²) in [6.45, 7) is 2.81. The van der Waals surface area contributed by atoms with Crippen molar-refractivity contribution in [3.8, 4) is 0 Å². The van der Waals surface area contributed by atoms with E-state index in [2.05, 4.69) is 5.32 Å². The van der Waals surface area contributed by atoms with E-state index in [1.807, 2.05) is 0 Å². The zero-order valence-corrected chi connectivity index (χ0v) is 8.21. The molecule has 2 nitrogen and oxygen atoms in total. The van der Waals surface area contributed by atoms with Gasteiger partial charge in [0.15, 0.2) is 0 Å². The average molecular weight is 219 g/mol. The first-order valence-corrected chi connectivity index (χ1v) is 4.00. The Labute approximate surface area is 81.9 Å². The van der Waals surface area contributed by atoms with Crippen LogP contribution in [0.5, 0.6) is 0 Å². The second-order valence-electron chi connectivity index (χ2n) is 3.14. The van der Waals surface area contributed by atoms with E-state index >= 15 is 0 Å². The van der Waals surface area contributed by atoms with Crippen LogP contribution in [-0.2, 0) is 0 Å². The molecular formula is C7H14ClF3N2. The number of nitrogens with one attached hydrogen (secondary N) is 1. The fraction of sp³-hybridized carbons (Fsp3) is 1.00. The summed E-state index contributed by atoms with van der Waals surface area (Å²) in [4.78, 5) is 1.45. The highest BCUT2D eigenvalue weighted by Crippen LogP contribution is 2.18. The minimum Gasteiger partial charge on any atom is -0.314 e. The van der Waals surface area contributed by atoms with Crippen molar-refractivity contribution in [2.45, 2.75) is 19.1 Å². The third kappa shape index (κ3) is 4.69. The molecule has 0 radical (unpaired) electrons. The minimum atomic E-state index is -4.06. The Kier molecular flexibility index (Phi) is 5.02. The molecule has 0 aromatic carbocycles. The molecule has 0 aromatic heterocycles. The first kappa shape index (κ1) is 13.0. The second-order valence-corrected chi connectivity index (χ2v) is 3.14. The van der Waals surface area contributed by atoms with Crippen LogP contribution in [0.1, 0.15) is 6.92 Å². The van der Waals surface area contributed by atoms with E-state index in [4.69, 9.17) is 0 Å². The Bertz CT molecular complexity index is 151. The van der Waals surface area contributed by atoms with Crippen LogP contribution in [0.3, 0.4) is 0 Å². The third-order valence-electron chi connectivity index (χ3n) is 2.02.